The highest BCUT2D eigenvalue weighted by Crippen LogP contribution is 2.64. The number of esters is 3. The van der Waals surface area contributed by atoms with E-state index in [4.69, 9.17) is 42.1 Å². The van der Waals surface area contributed by atoms with Crippen LogP contribution in [0.15, 0.2) is 120 Å². The summed E-state index contributed by atoms with van der Waals surface area (Å²) < 4.78 is 22.3. The molecule has 0 bridgehead atoms. The van der Waals surface area contributed by atoms with Crippen molar-refractivity contribution in [2.75, 3.05) is 18.7 Å². The molecule has 4 aromatic rings. The zero-order chi connectivity index (χ0) is 58.3. The van der Waals surface area contributed by atoms with Crippen molar-refractivity contribution in [1.29, 1.82) is 0 Å². The molecule has 12 rings (SSSR count). The highest BCUT2D eigenvalue weighted by atomic mass is 35.5. The van der Waals surface area contributed by atoms with Crippen LogP contribution in [0, 0.1) is 65.1 Å². The fraction of sp³-hybridized carbons (Fsp3) is 0.535. The molecule has 0 radical (unpaired) electrons. The maximum absolute atomic E-state index is 12.6. The molecule has 0 saturated heterocycles. The van der Waals surface area contributed by atoms with Crippen molar-refractivity contribution in [2.45, 2.75) is 168 Å². The van der Waals surface area contributed by atoms with Crippen molar-refractivity contribution >= 4 is 64.1 Å². The lowest BCUT2D eigenvalue weighted by molar-refractivity contribution is -0.159. The van der Waals surface area contributed by atoms with E-state index in [0.717, 1.165) is 106 Å². The van der Waals surface area contributed by atoms with Gasteiger partial charge in [-0.15, -0.1) is 0 Å². The van der Waals surface area contributed by atoms with Crippen molar-refractivity contribution < 1.29 is 42.9 Å². The summed E-state index contributed by atoms with van der Waals surface area (Å²) in [4.78, 5) is 61.2. The molecule has 0 heterocycles. The van der Waals surface area contributed by atoms with Gasteiger partial charge >= 0.3 is 17.9 Å². The van der Waals surface area contributed by atoms with Crippen molar-refractivity contribution in [3.63, 3.8) is 0 Å². The van der Waals surface area contributed by atoms with E-state index in [1.54, 1.807) is 30.3 Å². The van der Waals surface area contributed by atoms with Crippen LogP contribution in [0.3, 0.4) is 0 Å². The quantitative estimate of drug-likeness (QED) is 0.0563. The monoisotopic (exact) mass is 1170 g/mol. The summed E-state index contributed by atoms with van der Waals surface area (Å²) in [6.45, 7) is 8.88. The number of para-hydroxylation sites is 1. The second kappa shape index (κ2) is 27.2. The number of fused-ring (bicyclic) bond motifs is 10. The highest BCUT2D eigenvalue weighted by Gasteiger charge is 2.59. The Balaban J connectivity index is 0.000000141. The number of hydrogen-bond acceptors (Lipinski definition) is 10. The van der Waals surface area contributed by atoms with E-state index in [2.05, 4.69) is 43.4 Å². The van der Waals surface area contributed by atoms with Crippen molar-refractivity contribution in [3.05, 3.63) is 153 Å². The summed E-state index contributed by atoms with van der Waals surface area (Å²) in [5, 5.41) is 4.10. The van der Waals surface area contributed by atoms with Crippen molar-refractivity contribution in [2.24, 2.45) is 58.2 Å². The van der Waals surface area contributed by atoms with E-state index in [-0.39, 0.29) is 41.8 Å². The minimum atomic E-state index is -0.485. The average molecular weight is 1170 g/mol. The molecule has 12 heteroatoms. The molecule has 4 aromatic carbocycles. The molecule has 0 spiro atoms. The summed E-state index contributed by atoms with van der Waals surface area (Å²) >= 11 is 12.5. The van der Waals surface area contributed by atoms with E-state index in [9.17, 15) is 24.0 Å². The van der Waals surface area contributed by atoms with E-state index in [1.807, 2.05) is 68.5 Å². The predicted octanol–water partition coefficient (Wildman–Crippen LogP) is 16.5. The van der Waals surface area contributed by atoms with Crippen LogP contribution in [0.5, 0.6) is 0 Å². The molecule has 12 atom stereocenters. The van der Waals surface area contributed by atoms with Crippen LogP contribution in [-0.4, -0.2) is 55.1 Å². The van der Waals surface area contributed by atoms with Gasteiger partial charge in [-0.1, -0.05) is 127 Å². The van der Waals surface area contributed by atoms with E-state index in [0.29, 0.717) is 81.7 Å². The first-order valence-electron chi connectivity index (χ1n) is 31.1. The molecule has 1 N–H and O–H groups in total. The van der Waals surface area contributed by atoms with Crippen LogP contribution in [0.4, 0.5) is 11.4 Å². The number of aryl methyl sites for hydroxylation is 3. The fourth-order valence-electron chi connectivity index (χ4n) is 16.8. The molecule has 8 aliphatic carbocycles. The molecule has 8 aliphatic rings. The number of hydrogen-bond donors (Lipinski definition) is 1. The molecule has 0 amide bonds. The van der Waals surface area contributed by atoms with Crippen LogP contribution in [0.25, 0.3) is 0 Å². The number of ketones is 2. The average Bonchev–Trinajstić information content (AvgIpc) is 2.15. The molecule has 6 saturated carbocycles. The summed E-state index contributed by atoms with van der Waals surface area (Å²) in [7, 11) is 0. The Kier molecular flexibility index (Phi) is 19.9. The summed E-state index contributed by atoms with van der Waals surface area (Å²) in [5.74, 6) is 5.70. The van der Waals surface area contributed by atoms with Crippen LogP contribution in [0.1, 0.15) is 163 Å². The van der Waals surface area contributed by atoms with Gasteiger partial charge in [0, 0.05) is 43.1 Å². The Morgan fingerprint density at radius 3 is 1.58 bits per heavy atom. The Labute approximate surface area is 502 Å². The predicted molar refractivity (Wildman–Crippen MR) is 326 cm³/mol. The standard InChI is InChI=1S/2C27H34O3.C17H17Cl2NO3/c2*1-27-16-15-22-21-11-9-20(28)17-19(21)8-10-23(22)24(27)12-13-25(27)30-26(29)14-7-18-5-3-2-4-6-18;1-3-22-10-23-17(21)12-6-4-5-7-14(12)20-16-13(18)9-8-11(2)15(16)19/h2*2-6,17,21-25H,7-16H2,1H3;4-9,20H,3,10H2,1-2H3/t2*21-,22+,23+,24-,25-,27-;/m00./s1. The Bertz CT molecular complexity index is 2890. The van der Waals surface area contributed by atoms with E-state index >= 15 is 0 Å². The number of allylic oxidation sites excluding steroid dienone is 2. The third-order valence-electron chi connectivity index (χ3n) is 21.1. The Morgan fingerprint density at radius 1 is 0.578 bits per heavy atom. The molecule has 0 unspecified atom stereocenters. The SMILES string of the molecule is CCOCOC(=O)c1ccccc1Nc1c(Cl)ccc(C)c1Cl.C[C@]12CC[C@H]3[C@@H](CCC4=CC(=O)CC[C@@H]43)[C@@H]1CC[C@@H]2OC(=O)CCc1ccccc1.C[C@]12CC[C@H]3[C@@H](CCC4=CC(=O)CC[C@@H]43)[C@@H]1CC[C@@H]2OC(=O)CCc1ccccc1. The van der Waals surface area contributed by atoms with E-state index in [1.165, 1.54) is 60.8 Å². The smallest absolute Gasteiger partial charge is 0.342 e. The fourth-order valence-corrected chi connectivity index (χ4v) is 17.3. The molecule has 442 valence electrons. The number of nitrogens with one attached hydrogen (secondary N) is 1. The van der Waals surface area contributed by atoms with Crippen LogP contribution >= 0.6 is 23.2 Å². The Morgan fingerprint density at radius 2 is 1.07 bits per heavy atom. The van der Waals surface area contributed by atoms with Gasteiger partial charge in [-0.05, 0) is 211 Å². The van der Waals surface area contributed by atoms with Gasteiger partial charge in [0.2, 0.25) is 0 Å². The zero-order valence-electron chi connectivity index (χ0n) is 49.2. The van der Waals surface area contributed by atoms with Crippen molar-refractivity contribution in [1.82, 2.24) is 0 Å². The first-order valence-corrected chi connectivity index (χ1v) is 31.9. The Hall–Kier alpha value is -5.55. The number of rotatable bonds is 14. The minimum absolute atomic E-state index is 0.0347. The molecule has 83 heavy (non-hydrogen) atoms. The molecular formula is C71H85Cl2NO9. The van der Waals surface area contributed by atoms with Crippen molar-refractivity contribution in [3.8, 4) is 0 Å². The zero-order valence-corrected chi connectivity index (χ0v) is 50.7. The van der Waals surface area contributed by atoms with Crippen LogP contribution in [0.2, 0.25) is 10.0 Å². The molecule has 0 aliphatic heterocycles. The van der Waals surface area contributed by atoms with Gasteiger partial charge in [-0.2, -0.15) is 0 Å². The second-order valence-electron chi connectivity index (χ2n) is 25.5. The summed E-state index contributed by atoms with van der Waals surface area (Å²) in [6.07, 6.45) is 24.0. The molecular weight excluding hydrogens is 1080 g/mol. The normalized spacial score (nSPS) is 30.0. The van der Waals surface area contributed by atoms with Gasteiger partial charge in [-0.3, -0.25) is 19.2 Å². The maximum Gasteiger partial charge on any atom is 0.342 e. The first-order chi connectivity index (χ1) is 40.1. The largest absolute Gasteiger partial charge is 0.462 e. The van der Waals surface area contributed by atoms with Gasteiger partial charge in [0.15, 0.2) is 18.4 Å². The lowest BCUT2D eigenvalue weighted by atomic mass is 9.52. The number of carbonyl (C=O) groups excluding carboxylic acids is 5. The van der Waals surface area contributed by atoms with Crippen LogP contribution in [-0.2, 0) is 51.0 Å². The van der Waals surface area contributed by atoms with Gasteiger partial charge in [0.05, 0.1) is 27.0 Å². The number of anilines is 2. The number of carbonyl (C=O) groups is 5. The summed E-state index contributed by atoms with van der Waals surface area (Å²) in [6, 6.07) is 31.0. The van der Waals surface area contributed by atoms with Crippen LogP contribution < -0.4 is 5.32 Å². The topological polar surface area (TPSA) is 134 Å². The minimum Gasteiger partial charge on any atom is -0.462 e. The van der Waals surface area contributed by atoms with E-state index < -0.39 is 5.97 Å². The number of halogens is 2. The first kappa shape index (κ1) is 60.6. The lowest BCUT2D eigenvalue weighted by Crippen LogP contribution is -2.48. The summed E-state index contributed by atoms with van der Waals surface area (Å²) in [5.41, 5.74) is 7.92. The molecule has 6 fully saturated rings. The third-order valence-corrected chi connectivity index (χ3v) is 21.9. The third kappa shape index (κ3) is 13.8. The number of benzene rings is 4. The van der Waals surface area contributed by atoms with Gasteiger partial charge in [-0.25, -0.2) is 4.79 Å². The number of ether oxygens (including phenoxy) is 4. The lowest BCUT2D eigenvalue weighted by Gasteiger charge is -2.53. The maximum atomic E-state index is 12.6. The van der Waals surface area contributed by atoms with Gasteiger partial charge < -0.3 is 24.3 Å². The molecule has 10 nitrogen and oxygen atoms in total. The second-order valence-corrected chi connectivity index (χ2v) is 26.3. The van der Waals surface area contributed by atoms with Gasteiger partial charge in [0.25, 0.3) is 0 Å². The highest BCUT2D eigenvalue weighted by molar-refractivity contribution is 6.39. The molecule has 0 aromatic heterocycles. The van der Waals surface area contributed by atoms with Gasteiger partial charge in [0.1, 0.15) is 12.2 Å².